The van der Waals surface area contributed by atoms with Crippen LogP contribution >= 0.6 is 0 Å². The number of aryl methyl sites for hydroxylation is 1. The van der Waals surface area contributed by atoms with Gasteiger partial charge in [0.2, 0.25) is 0 Å². The number of nitrogens with one attached hydrogen (secondary N) is 1. The van der Waals surface area contributed by atoms with Crippen LogP contribution in [-0.4, -0.2) is 26.7 Å². The lowest BCUT2D eigenvalue weighted by Crippen LogP contribution is -2.27. The van der Waals surface area contributed by atoms with Gasteiger partial charge in [-0.25, -0.2) is 4.79 Å². The van der Waals surface area contributed by atoms with E-state index in [1.54, 1.807) is 7.05 Å². The first kappa shape index (κ1) is 10.8. The van der Waals surface area contributed by atoms with Crippen molar-refractivity contribution in [3.05, 3.63) is 23.8 Å². The fourth-order valence-electron chi connectivity index (χ4n) is 2.05. The van der Waals surface area contributed by atoms with Gasteiger partial charge in [0.25, 0.3) is 0 Å². The van der Waals surface area contributed by atoms with Gasteiger partial charge in [0.05, 0.1) is 5.69 Å². The maximum Gasteiger partial charge on any atom is 0.412 e. The van der Waals surface area contributed by atoms with Crippen LogP contribution in [0, 0.1) is 0 Å². The molecule has 0 atom stereocenters. The number of anilines is 1. The molecular formula is C12H16N2O2. The minimum absolute atomic E-state index is 0.424. The van der Waals surface area contributed by atoms with Crippen molar-refractivity contribution in [3.63, 3.8) is 0 Å². The van der Waals surface area contributed by atoms with Crippen molar-refractivity contribution in [3.8, 4) is 5.75 Å². The molecule has 4 heteroatoms. The lowest BCUT2D eigenvalue weighted by atomic mass is 10.0. The van der Waals surface area contributed by atoms with Gasteiger partial charge in [0, 0.05) is 20.6 Å². The normalized spacial score (nSPS) is 14.2. The highest BCUT2D eigenvalue weighted by Gasteiger charge is 2.19. The van der Waals surface area contributed by atoms with Gasteiger partial charge in [-0.1, -0.05) is 12.1 Å². The van der Waals surface area contributed by atoms with Crippen LogP contribution < -0.4 is 15.0 Å². The standard InChI is InChI=1S/C12H16N2O2/c1-13-12(15)16-10-7-3-5-9-6-4-8-14(2)11(9)10/h3,5,7H,4,6,8H2,1-2H3,(H,13,15). The Labute approximate surface area is 95.2 Å². The molecule has 2 rings (SSSR count). The van der Waals surface area contributed by atoms with Crippen molar-refractivity contribution < 1.29 is 9.53 Å². The Kier molecular flexibility index (Phi) is 2.99. The number of para-hydroxylation sites is 1. The molecule has 1 aromatic carbocycles. The zero-order valence-corrected chi connectivity index (χ0v) is 9.62. The summed E-state index contributed by atoms with van der Waals surface area (Å²) >= 11 is 0. The van der Waals surface area contributed by atoms with E-state index in [-0.39, 0.29) is 0 Å². The van der Waals surface area contributed by atoms with Crippen LogP contribution in [0.5, 0.6) is 5.75 Å². The van der Waals surface area contributed by atoms with Crippen LogP contribution in [0.1, 0.15) is 12.0 Å². The van der Waals surface area contributed by atoms with Gasteiger partial charge >= 0.3 is 6.09 Å². The molecular weight excluding hydrogens is 204 g/mol. The lowest BCUT2D eigenvalue weighted by molar-refractivity contribution is 0.203. The SMILES string of the molecule is CNC(=O)Oc1cccc2c1N(C)CCC2. The molecule has 0 unspecified atom stereocenters. The summed E-state index contributed by atoms with van der Waals surface area (Å²) in [6.07, 6.45) is 1.77. The summed E-state index contributed by atoms with van der Waals surface area (Å²) in [5.74, 6) is 0.638. The molecule has 0 saturated carbocycles. The number of hydrogen-bond acceptors (Lipinski definition) is 3. The van der Waals surface area contributed by atoms with Crippen molar-refractivity contribution in [2.75, 3.05) is 25.5 Å². The molecule has 1 N–H and O–H groups in total. The van der Waals surface area contributed by atoms with Crippen molar-refractivity contribution in [1.82, 2.24) is 5.32 Å². The monoisotopic (exact) mass is 220 g/mol. The Morgan fingerprint density at radius 3 is 3.06 bits per heavy atom. The van der Waals surface area contributed by atoms with Crippen LogP contribution in [0.3, 0.4) is 0 Å². The van der Waals surface area contributed by atoms with Crippen LogP contribution in [0.2, 0.25) is 0 Å². The second-order valence-electron chi connectivity index (χ2n) is 3.93. The molecule has 0 aliphatic carbocycles. The lowest BCUT2D eigenvalue weighted by Gasteiger charge is -2.28. The third-order valence-electron chi connectivity index (χ3n) is 2.81. The first-order valence-electron chi connectivity index (χ1n) is 5.45. The van der Waals surface area contributed by atoms with Crippen molar-refractivity contribution in [2.45, 2.75) is 12.8 Å². The van der Waals surface area contributed by atoms with E-state index in [9.17, 15) is 4.79 Å². The predicted molar refractivity (Wildman–Crippen MR) is 63.1 cm³/mol. The Bertz CT molecular complexity index is 404. The highest BCUT2D eigenvalue weighted by molar-refractivity contribution is 5.75. The highest BCUT2D eigenvalue weighted by Crippen LogP contribution is 2.35. The van der Waals surface area contributed by atoms with E-state index < -0.39 is 6.09 Å². The van der Waals surface area contributed by atoms with Gasteiger partial charge in [0.15, 0.2) is 5.75 Å². The van der Waals surface area contributed by atoms with Crippen LogP contribution in [0.25, 0.3) is 0 Å². The summed E-state index contributed by atoms with van der Waals surface area (Å²) in [5, 5.41) is 2.46. The molecule has 86 valence electrons. The van der Waals surface area contributed by atoms with E-state index in [1.807, 2.05) is 19.2 Å². The molecule has 0 radical (unpaired) electrons. The van der Waals surface area contributed by atoms with Gasteiger partial charge in [-0.05, 0) is 24.5 Å². The first-order valence-corrected chi connectivity index (χ1v) is 5.45. The van der Waals surface area contributed by atoms with E-state index >= 15 is 0 Å². The highest BCUT2D eigenvalue weighted by atomic mass is 16.6. The quantitative estimate of drug-likeness (QED) is 0.784. The van der Waals surface area contributed by atoms with E-state index in [0.717, 1.165) is 25.1 Å². The van der Waals surface area contributed by atoms with E-state index in [0.29, 0.717) is 5.75 Å². The van der Waals surface area contributed by atoms with Gasteiger partial charge in [0.1, 0.15) is 0 Å². The van der Waals surface area contributed by atoms with Crippen molar-refractivity contribution >= 4 is 11.8 Å². The largest absolute Gasteiger partial charge is 0.412 e. The van der Waals surface area contributed by atoms with Crippen LogP contribution in [-0.2, 0) is 6.42 Å². The van der Waals surface area contributed by atoms with Gasteiger partial charge < -0.3 is 15.0 Å². The number of rotatable bonds is 1. The summed E-state index contributed by atoms with van der Waals surface area (Å²) in [6, 6.07) is 5.84. The summed E-state index contributed by atoms with van der Waals surface area (Å²) < 4.78 is 5.24. The van der Waals surface area contributed by atoms with Gasteiger partial charge in [-0.15, -0.1) is 0 Å². The number of nitrogens with zero attached hydrogens (tertiary/aromatic N) is 1. The second-order valence-corrected chi connectivity index (χ2v) is 3.93. The van der Waals surface area contributed by atoms with Gasteiger partial charge in [-0.2, -0.15) is 0 Å². The summed E-state index contributed by atoms with van der Waals surface area (Å²) in [7, 11) is 3.58. The minimum Gasteiger partial charge on any atom is -0.408 e. The van der Waals surface area contributed by atoms with E-state index in [4.69, 9.17) is 4.74 Å². The summed E-state index contributed by atoms with van der Waals surface area (Å²) in [4.78, 5) is 13.4. The first-order chi connectivity index (χ1) is 7.72. The number of fused-ring (bicyclic) bond motifs is 1. The predicted octanol–water partition coefficient (Wildman–Crippen LogP) is 1.79. The number of ether oxygens (including phenoxy) is 1. The maximum absolute atomic E-state index is 11.2. The summed E-state index contributed by atoms with van der Waals surface area (Å²) in [5.41, 5.74) is 2.28. The Hall–Kier alpha value is -1.71. The molecule has 0 aromatic heterocycles. The number of hydrogen-bond donors (Lipinski definition) is 1. The maximum atomic E-state index is 11.2. The van der Waals surface area contributed by atoms with Crippen molar-refractivity contribution in [1.29, 1.82) is 0 Å². The number of benzene rings is 1. The molecule has 16 heavy (non-hydrogen) atoms. The zero-order valence-electron chi connectivity index (χ0n) is 9.62. The van der Waals surface area contributed by atoms with Crippen LogP contribution in [0.15, 0.2) is 18.2 Å². The molecule has 1 aliphatic rings. The average molecular weight is 220 g/mol. The second kappa shape index (κ2) is 4.43. The van der Waals surface area contributed by atoms with E-state index in [1.165, 1.54) is 5.56 Å². The summed E-state index contributed by atoms with van der Waals surface area (Å²) in [6.45, 7) is 1.00. The number of amides is 1. The molecule has 0 saturated heterocycles. The molecule has 0 bridgehead atoms. The molecule has 1 aliphatic heterocycles. The Morgan fingerprint density at radius 1 is 1.50 bits per heavy atom. The molecule has 1 aromatic rings. The molecule has 1 heterocycles. The third kappa shape index (κ3) is 1.96. The zero-order chi connectivity index (χ0) is 11.5. The van der Waals surface area contributed by atoms with E-state index in [2.05, 4.69) is 16.3 Å². The van der Waals surface area contributed by atoms with Crippen molar-refractivity contribution in [2.24, 2.45) is 0 Å². The third-order valence-corrected chi connectivity index (χ3v) is 2.81. The Balaban J connectivity index is 2.34. The Morgan fingerprint density at radius 2 is 2.31 bits per heavy atom. The number of carbonyl (C=O) groups excluding carboxylic acids is 1. The minimum atomic E-state index is -0.424. The van der Waals surface area contributed by atoms with Gasteiger partial charge in [-0.3, -0.25) is 0 Å². The number of carbonyl (C=O) groups is 1. The smallest absolute Gasteiger partial charge is 0.408 e. The molecule has 0 spiro atoms. The fourth-order valence-corrected chi connectivity index (χ4v) is 2.05. The molecule has 4 nitrogen and oxygen atoms in total. The average Bonchev–Trinajstić information content (AvgIpc) is 2.29. The van der Waals surface area contributed by atoms with Crippen LogP contribution in [0.4, 0.5) is 10.5 Å². The molecule has 1 amide bonds. The molecule has 0 fully saturated rings. The fraction of sp³-hybridized carbons (Fsp3) is 0.417. The topological polar surface area (TPSA) is 41.6 Å².